The maximum atomic E-state index is 12.3. The number of amides is 1. The third-order valence-electron chi connectivity index (χ3n) is 4.41. The number of ether oxygens (including phenoxy) is 1. The standard InChI is InChI=1S/C20H22N2O4S/c1-14-21-17(13-27-14)12-26-18-6-2-4-15(10-18)7-8-19(23)22-9-3-5-16(11-22)20(24)25/h2,4,6-8,10,13,16H,3,5,9,11-12H2,1H3,(H,24,25). The van der Waals surface area contributed by atoms with E-state index in [2.05, 4.69) is 4.98 Å². The van der Waals surface area contributed by atoms with Crippen LogP contribution in [0.5, 0.6) is 5.75 Å². The van der Waals surface area contributed by atoms with Crippen LogP contribution in [0.4, 0.5) is 0 Å². The fraction of sp³-hybridized carbons (Fsp3) is 0.350. The number of carboxylic acid groups (broad SMARTS) is 1. The molecule has 1 fully saturated rings. The van der Waals surface area contributed by atoms with Gasteiger partial charge >= 0.3 is 5.97 Å². The van der Waals surface area contributed by atoms with E-state index in [-0.39, 0.29) is 12.5 Å². The number of nitrogens with zero attached hydrogens (tertiary/aromatic N) is 2. The molecule has 1 aromatic heterocycles. The van der Waals surface area contributed by atoms with E-state index in [4.69, 9.17) is 9.84 Å². The number of rotatable bonds is 6. The highest BCUT2D eigenvalue weighted by molar-refractivity contribution is 7.09. The molecule has 2 heterocycles. The van der Waals surface area contributed by atoms with E-state index in [0.29, 0.717) is 25.3 Å². The first kappa shape index (κ1) is 19.1. The second-order valence-corrected chi connectivity index (χ2v) is 7.58. The summed E-state index contributed by atoms with van der Waals surface area (Å²) in [5, 5.41) is 12.1. The summed E-state index contributed by atoms with van der Waals surface area (Å²) in [7, 11) is 0. The molecule has 2 aromatic rings. The Kier molecular flexibility index (Phi) is 6.24. The van der Waals surface area contributed by atoms with Crippen LogP contribution in [0.25, 0.3) is 6.08 Å². The number of aliphatic carboxylic acids is 1. The van der Waals surface area contributed by atoms with Crippen LogP contribution in [0, 0.1) is 12.8 Å². The molecule has 1 aliphatic heterocycles. The molecule has 0 spiro atoms. The maximum absolute atomic E-state index is 12.3. The van der Waals surface area contributed by atoms with Crippen molar-refractivity contribution in [3.8, 4) is 5.75 Å². The normalized spacial score (nSPS) is 17.2. The summed E-state index contributed by atoms with van der Waals surface area (Å²) in [6.07, 6.45) is 4.57. The van der Waals surface area contributed by atoms with Crippen molar-refractivity contribution in [2.24, 2.45) is 5.92 Å². The molecule has 0 saturated carbocycles. The highest BCUT2D eigenvalue weighted by Crippen LogP contribution is 2.19. The van der Waals surface area contributed by atoms with E-state index < -0.39 is 11.9 Å². The van der Waals surface area contributed by atoms with E-state index in [1.54, 1.807) is 22.3 Å². The Morgan fingerprint density at radius 1 is 1.44 bits per heavy atom. The van der Waals surface area contributed by atoms with Gasteiger partial charge in [-0.15, -0.1) is 11.3 Å². The number of carboxylic acids is 1. The molecule has 1 unspecified atom stereocenters. The Balaban J connectivity index is 1.58. The average Bonchev–Trinajstić information content (AvgIpc) is 3.10. The smallest absolute Gasteiger partial charge is 0.308 e. The van der Waals surface area contributed by atoms with E-state index >= 15 is 0 Å². The van der Waals surface area contributed by atoms with Gasteiger partial charge in [-0.1, -0.05) is 12.1 Å². The van der Waals surface area contributed by atoms with Crippen molar-refractivity contribution in [1.82, 2.24) is 9.88 Å². The second kappa shape index (κ2) is 8.81. The number of carbonyl (C=O) groups excluding carboxylic acids is 1. The topological polar surface area (TPSA) is 79.7 Å². The predicted octanol–water partition coefficient (Wildman–Crippen LogP) is 3.37. The number of hydrogen-bond donors (Lipinski definition) is 1. The lowest BCUT2D eigenvalue weighted by atomic mass is 9.98. The molecule has 1 aliphatic rings. The minimum atomic E-state index is -0.836. The molecule has 1 N–H and O–H groups in total. The zero-order valence-electron chi connectivity index (χ0n) is 15.1. The predicted molar refractivity (Wildman–Crippen MR) is 104 cm³/mol. The van der Waals surface area contributed by atoms with Gasteiger partial charge in [0.25, 0.3) is 0 Å². The molecule has 0 radical (unpaired) electrons. The largest absolute Gasteiger partial charge is 0.487 e. The number of piperidine rings is 1. The molecule has 1 aromatic carbocycles. The van der Waals surface area contributed by atoms with Crippen molar-refractivity contribution in [2.45, 2.75) is 26.4 Å². The summed E-state index contributed by atoms with van der Waals surface area (Å²) in [6, 6.07) is 7.48. The molecular formula is C20H22N2O4S. The average molecular weight is 386 g/mol. The van der Waals surface area contributed by atoms with Crippen LogP contribution in [0.3, 0.4) is 0 Å². The van der Waals surface area contributed by atoms with Gasteiger partial charge in [-0.05, 0) is 43.5 Å². The monoisotopic (exact) mass is 386 g/mol. The van der Waals surface area contributed by atoms with Crippen LogP contribution in [0.2, 0.25) is 0 Å². The first-order chi connectivity index (χ1) is 13.0. The number of aromatic nitrogens is 1. The lowest BCUT2D eigenvalue weighted by molar-refractivity contribution is -0.144. The van der Waals surface area contributed by atoms with Crippen LogP contribution in [-0.2, 0) is 16.2 Å². The lowest BCUT2D eigenvalue weighted by Gasteiger charge is -2.29. The van der Waals surface area contributed by atoms with Crippen LogP contribution in [-0.4, -0.2) is 40.0 Å². The Bertz CT molecular complexity index is 846. The molecule has 0 aliphatic carbocycles. The van der Waals surface area contributed by atoms with Crippen LogP contribution >= 0.6 is 11.3 Å². The van der Waals surface area contributed by atoms with Crippen LogP contribution in [0.1, 0.15) is 29.1 Å². The van der Waals surface area contributed by atoms with Gasteiger partial charge in [0.15, 0.2) is 0 Å². The molecular weight excluding hydrogens is 364 g/mol. The SMILES string of the molecule is Cc1nc(COc2cccc(C=CC(=O)N3CCCC(C(=O)O)C3)c2)cs1. The highest BCUT2D eigenvalue weighted by atomic mass is 32.1. The van der Waals surface area contributed by atoms with E-state index in [9.17, 15) is 9.59 Å². The van der Waals surface area contributed by atoms with E-state index in [0.717, 1.165) is 22.7 Å². The van der Waals surface area contributed by atoms with Crippen molar-refractivity contribution >= 4 is 29.3 Å². The summed E-state index contributed by atoms with van der Waals surface area (Å²) in [5.41, 5.74) is 1.74. The minimum Gasteiger partial charge on any atom is -0.487 e. The molecule has 1 amide bonds. The third-order valence-corrected chi connectivity index (χ3v) is 5.23. The van der Waals surface area contributed by atoms with Gasteiger partial charge in [-0.25, -0.2) is 4.98 Å². The van der Waals surface area contributed by atoms with E-state index in [1.165, 1.54) is 6.08 Å². The van der Waals surface area contributed by atoms with Gasteiger partial charge in [0.2, 0.25) is 5.91 Å². The quantitative estimate of drug-likeness (QED) is 0.770. The summed E-state index contributed by atoms with van der Waals surface area (Å²) in [4.78, 5) is 29.4. The van der Waals surface area contributed by atoms with Crippen molar-refractivity contribution in [3.63, 3.8) is 0 Å². The third kappa shape index (κ3) is 5.40. The van der Waals surface area contributed by atoms with Gasteiger partial charge in [-0.3, -0.25) is 9.59 Å². The Morgan fingerprint density at radius 3 is 3.04 bits per heavy atom. The molecule has 3 rings (SSSR count). The maximum Gasteiger partial charge on any atom is 0.308 e. The molecule has 7 heteroatoms. The molecule has 1 atom stereocenters. The summed E-state index contributed by atoms with van der Waals surface area (Å²) < 4.78 is 5.76. The van der Waals surface area contributed by atoms with Gasteiger partial charge in [0.05, 0.1) is 16.6 Å². The summed E-state index contributed by atoms with van der Waals surface area (Å²) in [6.45, 7) is 3.23. The van der Waals surface area contributed by atoms with Crippen molar-refractivity contribution in [1.29, 1.82) is 0 Å². The number of hydrogen-bond acceptors (Lipinski definition) is 5. The molecule has 1 saturated heterocycles. The van der Waals surface area contributed by atoms with Crippen LogP contribution in [0.15, 0.2) is 35.7 Å². The lowest BCUT2D eigenvalue weighted by Crippen LogP contribution is -2.41. The highest BCUT2D eigenvalue weighted by Gasteiger charge is 2.27. The molecule has 27 heavy (non-hydrogen) atoms. The zero-order chi connectivity index (χ0) is 19.2. The first-order valence-corrected chi connectivity index (χ1v) is 9.73. The number of aryl methyl sites for hydroxylation is 1. The zero-order valence-corrected chi connectivity index (χ0v) is 15.9. The number of likely N-dealkylation sites (tertiary alicyclic amines) is 1. The summed E-state index contributed by atoms with van der Waals surface area (Å²) >= 11 is 1.59. The molecule has 0 bridgehead atoms. The minimum absolute atomic E-state index is 0.162. The van der Waals surface area contributed by atoms with Gasteiger partial charge < -0.3 is 14.7 Å². The van der Waals surface area contributed by atoms with Crippen LogP contribution < -0.4 is 4.74 Å². The van der Waals surface area contributed by atoms with Gasteiger partial charge in [0, 0.05) is 24.5 Å². The number of benzene rings is 1. The fourth-order valence-corrected chi connectivity index (χ4v) is 3.59. The summed E-state index contributed by atoms with van der Waals surface area (Å²) in [5.74, 6) is -0.761. The Labute approximate surface area is 162 Å². The Hall–Kier alpha value is -2.67. The fourth-order valence-electron chi connectivity index (χ4n) is 2.99. The van der Waals surface area contributed by atoms with E-state index in [1.807, 2.05) is 36.6 Å². The first-order valence-electron chi connectivity index (χ1n) is 8.85. The van der Waals surface area contributed by atoms with Gasteiger partial charge in [0.1, 0.15) is 12.4 Å². The van der Waals surface area contributed by atoms with Crippen molar-refractivity contribution in [2.75, 3.05) is 13.1 Å². The van der Waals surface area contributed by atoms with Crippen molar-refractivity contribution < 1.29 is 19.4 Å². The Morgan fingerprint density at radius 2 is 2.30 bits per heavy atom. The molecule has 142 valence electrons. The van der Waals surface area contributed by atoms with Crippen molar-refractivity contribution in [3.05, 3.63) is 52.0 Å². The second-order valence-electron chi connectivity index (χ2n) is 6.51. The molecule has 6 nitrogen and oxygen atoms in total. The van der Waals surface area contributed by atoms with Gasteiger partial charge in [-0.2, -0.15) is 0 Å². The number of thiazole rings is 1. The number of carbonyl (C=O) groups is 2.